The lowest BCUT2D eigenvalue weighted by atomic mass is 9.98. The van der Waals surface area contributed by atoms with Crippen molar-refractivity contribution in [3.8, 4) is 0 Å². The van der Waals surface area contributed by atoms with E-state index < -0.39 is 0 Å². The summed E-state index contributed by atoms with van der Waals surface area (Å²) in [7, 11) is 0. The Kier molecular flexibility index (Phi) is 6.79. The fraction of sp³-hybridized carbons (Fsp3) is 0.647. The molecule has 3 heteroatoms. The van der Waals surface area contributed by atoms with Crippen LogP contribution in [0.2, 0.25) is 0 Å². The molecule has 2 rings (SSSR count). The number of thioether (sulfide) groups is 2. The molecule has 0 aromatic heterocycles. The first kappa shape index (κ1) is 16.3. The number of benzene rings is 1. The molecular weight excluding hydrogens is 282 g/mol. The highest BCUT2D eigenvalue weighted by molar-refractivity contribution is 8.07. The normalized spacial score (nSPS) is 24.6. The third-order valence-electron chi connectivity index (χ3n) is 3.99. The number of rotatable bonds is 6. The maximum Gasteiger partial charge on any atom is 0.0320 e. The van der Waals surface area contributed by atoms with Crippen LogP contribution in [0.25, 0.3) is 0 Å². The third kappa shape index (κ3) is 4.44. The van der Waals surface area contributed by atoms with Crippen LogP contribution in [-0.4, -0.2) is 34.6 Å². The Morgan fingerprint density at radius 1 is 1.25 bits per heavy atom. The lowest BCUT2D eigenvalue weighted by Crippen LogP contribution is -2.46. The lowest BCUT2D eigenvalue weighted by molar-refractivity contribution is 0.486. The van der Waals surface area contributed by atoms with Crippen LogP contribution in [0.3, 0.4) is 0 Å². The summed E-state index contributed by atoms with van der Waals surface area (Å²) >= 11 is 4.31. The topological polar surface area (TPSA) is 12.0 Å². The van der Waals surface area contributed by atoms with E-state index in [-0.39, 0.29) is 0 Å². The molecule has 0 bridgehead atoms. The molecule has 0 radical (unpaired) electrons. The van der Waals surface area contributed by atoms with Crippen LogP contribution < -0.4 is 5.32 Å². The summed E-state index contributed by atoms with van der Waals surface area (Å²) in [5.41, 5.74) is 2.93. The van der Waals surface area contributed by atoms with E-state index in [1.165, 1.54) is 29.1 Å². The highest BCUT2D eigenvalue weighted by atomic mass is 32.2. The number of nitrogens with one attached hydrogen (secondary N) is 1. The second kappa shape index (κ2) is 8.35. The van der Waals surface area contributed by atoms with Gasteiger partial charge in [0.1, 0.15) is 0 Å². The third-order valence-corrected chi connectivity index (χ3v) is 7.24. The van der Waals surface area contributed by atoms with E-state index in [4.69, 9.17) is 0 Å². The van der Waals surface area contributed by atoms with E-state index >= 15 is 0 Å². The molecule has 0 spiro atoms. The monoisotopic (exact) mass is 309 g/mol. The molecule has 1 heterocycles. The largest absolute Gasteiger partial charge is 0.313 e. The van der Waals surface area contributed by atoms with Gasteiger partial charge in [0, 0.05) is 28.0 Å². The smallest absolute Gasteiger partial charge is 0.0320 e. The van der Waals surface area contributed by atoms with E-state index in [1.54, 1.807) is 0 Å². The Morgan fingerprint density at radius 3 is 2.70 bits per heavy atom. The van der Waals surface area contributed by atoms with Crippen LogP contribution in [0.5, 0.6) is 0 Å². The first-order valence-corrected chi connectivity index (χ1v) is 9.83. The molecule has 1 N–H and O–H groups in total. The maximum absolute atomic E-state index is 3.81. The van der Waals surface area contributed by atoms with E-state index in [9.17, 15) is 0 Å². The Bertz CT molecular complexity index is 408. The average Bonchev–Trinajstić information content (AvgIpc) is 2.46. The molecule has 3 atom stereocenters. The van der Waals surface area contributed by atoms with Crippen molar-refractivity contribution < 1.29 is 0 Å². The summed E-state index contributed by atoms with van der Waals surface area (Å²) in [6.45, 7) is 8.02. The van der Waals surface area contributed by atoms with Crippen LogP contribution in [0, 0.1) is 6.92 Å². The van der Waals surface area contributed by atoms with Gasteiger partial charge in [-0.25, -0.2) is 0 Å². The van der Waals surface area contributed by atoms with Crippen molar-refractivity contribution in [2.45, 2.75) is 50.2 Å². The highest BCUT2D eigenvalue weighted by Crippen LogP contribution is 2.34. The quantitative estimate of drug-likeness (QED) is 0.848. The first-order chi connectivity index (χ1) is 9.72. The van der Waals surface area contributed by atoms with Crippen molar-refractivity contribution in [2.75, 3.05) is 18.1 Å². The summed E-state index contributed by atoms with van der Waals surface area (Å²) in [5.74, 6) is 2.62. The van der Waals surface area contributed by atoms with Crippen molar-refractivity contribution in [1.29, 1.82) is 0 Å². The highest BCUT2D eigenvalue weighted by Gasteiger charge is 2.30. The van der Waals surface area contributed by atoms with Crippen molar-refractivity contribution in [2.24, 2.45) is 0 Å². The maximum atomic E-state index is 3.81. The van der Waals surface area contributed by atoms with Crippen LogP contribution >= 0.6 is 23.5 Å². The van der Waals surface area contributed by atoms with E-state index in [1.807, 2.05) is 0 Å². The second-order valence-corrected chi connectivity index (χ2v) is 8.37. The summed E-state index contributed by atoms with van der Waals surface area (Å²) in [5, 5.41) is 5.30. The average molecular weight is 310 g/mol. The molecule has 3 unspecified atom stereocenters. The summed E-state index contributed by atoms with van der Waals surface area (Å²) in [6.07, 6.45) is 2.37. The van der Waals surface area contributed by atoms with Gasteiger partial charge in [-0.15, -0.1) is 0 Å². The molecular formula is C17H27NS2. The molecule has 1 aromatic carbocycles. The molecule has 20 heavy (non-hydrogen) atoms. The summed E-state index contributed by atoms with van der Waals surface area (Å²) in [6, 6.07) is 9.44. The van der Waals surface area contributed by atoms with E-state index in [0.717, 1.165) is 23.5 Å². The van der Waals surface area contributed by atoms with Gasteiger partial charge in [0.05, 0.1) is 0 Å². The minimum Gasteiger partial charge on any atom is -0.313 e. The molecule has 0 saturated carbocycles. The van der Waals surface area contributed by atoms with Gasteiger partial charge in [0.25, 0.3) is 0 Å². The van der Waals surface area contributed by atoms with Gasteiger partial charge in [0.2, 0.25) is 0 Å². The van der Waals surface area contributed by atoms with Gasteiger partial charge in [-0.2, -0.15) is 23.5 Å². The minimum absolute atomic E-state index is 0.601. The van der Waals surface area contributed by atoms with Crippen LogP contribution in [0.1, 0.15) is 31.4 Å². The molecule has 0 amide bonds. The molecule has 1 aliphatic heterocycles. The zero-order valence-electron chi connectivity index (χ0n) is 12.9. The predicted octanol–water partition coefficient (Wildman–Crippen LogP) is 4.14. The van der Waals surface area contributed by atoms with Gasteiger partial charge in [-0.3, -0.25) is 0 Å². The lowest BCUT2D eigenvalue weighted by Gasteiger charge is -2.35. The van der Waals surface area contributed by atoms with Crippen LogP contribution in [0.4, 0.5) is 0 Å². The Labute approximate surface area is 132 Å². The minimum atomic E-state index is 0.601. The standard InChI is InChI=1S/C17H27NS2/c1-4-9-18-16(17-14(3)19-10-11-20-17)12-15-8-6-5-7-13(15)2/h5-8,14,16-18H,4,9-12H2,1-3H3. The number of hydrogen-bond donors (Lipinski definition) is 1. The fourth-order valence-corrected chi connectivity index (χ4v) is 5.76. The molecule has 1 aliphatic rings. The molecule has 1 nitrogen and oxygen atoms in total. The summed E-state index contributed by atoms with van der Waals surface area (Å²) < 4.78 is 0. The molecule has 1 aromatic rings. The molecule has 1 saturated heterocycles. The Hall–Kier alpha value is -0.120. The van der Waals surface area contributed by atoms with Crippen LogP contribution in [-0.2, 0) is 6.42 Å². The first-order valence-electron chi connectivity index (χ1n) is 7.73. The molecule has 0 aliphatic carbocycles. The van der Waals surface area contributed by atoms with Crippen molar-refractivity contribution in [3.63, 3.8) is 0 Å². The Morgan fingerprint density at radius 2 is 2.00 bits per heavy atom. The van der Waals surface area contributed by atoms with Gasteiger partial charge in [-0.1, -0.05) is 38.1 Å². The van der Waals surface area contributed by atoms with Crippen molar-refractivity contribution in [3.05, 3.63) is 35.4 Å². The number of hydrogen-bond acceptors (Lipinski definition) is 3. The predicted molar refractivity (Wildman–Crippen MR) is 95.1 cm³/mol. The van der Waals surface area contributed by atoms with Crippen molar-refractivity contribution in [1.82, 2.24) is 5.32 Å². The molecule has 112 valence electrons. The van der Waals surface area contributed by atoms with Gasteiger partial charge >= 0.3 is 0 Å². The van der Waals surface area contributed by atoms with Crippen LogP contribution in [0.15, 0.2) is 24.3 Å². The molecule has 1 fully saturated rings. The van der Waals surface area contributed by atoms with Gasteiger partial charge < -0.3 is 5.32 Å². The second-order valence-electron chi connectivity index (χ2n) is 5.60. The summed E-state index contributed by atoms with van der Waals surface area (Å²) in [4.78, 5) is 0. The zero-order valence-corrected chi connectivity index (χ0v) is 14.5. The van der Waals surface area contributed by atoms with Gasteiger partial charge in [0.15, 0.2) is 0 Å². The SMILES string of the molecule is CCCNC(Cc1ccccc1C)C1SCCSC1C. The zero-order chi connectivity index (χ0) is 14.4. The number of aryl methyl sites for hydroxylation is 1. The van der Waals surface area contributed by atoms with E-state index in [0.29, 0.717) is 6.04 Å². The van der Waals surface area contributed by atoms with Gasteiger partial charge in [-0.05, 0) is 37.4 Å². The Balaban J connectivity index is 2.08. The van der Waals surface area contributed by atoms with Crippen molar-refractivity contribution >= 4 is 23.5 Å². The van der Waals surface area contributed by atoms with E-state index in [2.05, 4.69) is 73.9 Å². The fourth-order valence-electron chi connectivity index (χ4n) is 2.80.